The maximum atomic E-state index is 4.77. The van der Waals surface area contributed by atoms with E-state index in [0.29, 0.717) is 0 Å². The van der Waals surface area contributed by atoms with Crippen LogP contribution in [-0.4, -0.2) is 4.98 Å². The Kier molecular flexibility index (Phi) is 2.90. The second kappa shape index (κ2) is 4.46. The number of aromatic nitrogens is 1. The van der Waals surface area contributed by atoms with Crippen molar-refractivity contribution in [2.75, 3.05) is 0 Å². The average molecular weight is 267 g/mol. The van der Waals surface area contributed by atoms with E-state index in [9.17, 15) is 0 Å². The van der Waals surface area contributed by atoms with E-state index in [1.54, 1.807) is 11.3 Å². The van der Waals surface area contributed by atoms with E-state index in [2.05, 4.69) is 67.9 Å². The molecule has 0 saturated heterocycles. The molecule has 0 saturated carbocycles. The normalized spacial score (nSPS) is 11.9. The minimum Gasteiger partial charge on any atom is -0.252 e. The molecule has 0 spiro atoms. The summed E-state index contributed by atoms with van der Waals surface area (Å²) < 4.78 is 0. The quantitative estimate of drug-likeness (QED) is 0.586. The molecule has 2 heterocycles. The summed E-state index contributed by atoms with van der Waals surface area (Å²) in [6.07, 6.45) is 0. The number of thiophene rings is 1. The second-order valence-electron chi connectivity index (χ2n) is 5.87. The summed E-state index contributed by atoms with van der Waals surface area (Å²) in [4.78, 5) is 4.77. The van der Waals surface area contributed by atoms with Gasteiger partial charge in [0.1, 0.15) is 0 Å². The molecule has 0 radical (unpaired) electrons. The van der Waals surface area contributed by atoms with Gasteiger partial charge in [-0.15, -0.1) is 0 Å². The zero-order chi connectivity index (χ0) is 13.5. The summed E-state index contributed by atoms with van der Waals surface area (Å²) in [6, 6.07) is 13.0. The first-order valence-corrected chi connectivity index (χ1v) is 7.42. The summed E-state index contributed by atoms with van der Waals surface area (Å²) in [7, 11) is 0. The van der Waals surface area contributed by atoms with E-state index < -0.39 is 0 Å². The standard InChI is InChI=1S/C17H17NS/c1-17(2,3)16-7-5-13-10-12(4-6-15(13)18-16)14-8-9-19-11-14/h4-11H,1-3H3. The molecule has 0 fully saturated rings. The van der Waals surface area contributed by atoms with E-state index in [1.807, 2.05) is 0 Å². The van der Waals surface area contributed by atoms with E-state index in [4.69, 9.17) is 4.98 Å². The van der Waals surface area contributed by atoms with Gasteiger partial charge in [0, 0.05) is 16.5 Å². The Balaban J connectivity index is 2.11. The largest absolute Gasteiger partial charge is 0.252 e. The van der Waals surface area contributed by atoms with E-state index in [1.165, 1.54) is 16.5 Å². The van der Waals surface area contributed by atoms with E-state index in [0.717, 1.165) is 11.2 Å². The van der Waals surface area contributed by atoms with Crippen LogP contribution in [0, 0.1) is 0 Å². The molecule has 0 unspecified atom stereocenters. The Hall–Kier alpha value is -1.67. The van der Waals surface area contributed by atoms with Crippen LogP contribution in [0.15, 0.2) is 47.2 Å². The molecule has 0 N–H and O–H groups in total. The van der Waals surface area contributed by atoms with Crippen molar-refractivity contribution < 1.29 is 0 Å². The summed E-state index contributed by atoms with van der Waals surface area (Å²) in [6.45, 7) is 6.59. The zero-order valence-corrected chi connectivity index (χ0v) is 12.3. The molecule has 96 valence electrons. The molecular formula is C17H17NS. The molecule has 0 atom stereocenters. The Labute approximate surface area is 117 Å². The lowest BCUT2D eigenvalue weighted by Gasteiger charge is -2.18. The fourth-order valence-electron chi connectivity index (χ4n) is 2.15. The van der Waals surface area contributed by atoms with Crippen LogP contribution in [0.1, 0.15) is 26.5 Å². The number of hydrogen-bond donors (Lipinski definition) is 0. The molecule has 1 aromatic carbocycles. The molecule has 0 aliphatic heterocycles. The SMILES string of the molecule is CC(C)(C)c1ccc2cc(-c3ccsc3)ccc2n1. The van der Waals surface area contributed by atoms with Crippen LogP contribution < -0.4 is 0 Å². The number of pyridine rings is 1. The van der Waals surface area contributed by atoms with E-state index >= 15 is 0 Å². The van der Waals surface area contributed by atoms with Gasteiger partial charge < -0.3 is 0 Å². The van der Waals surface area contributed by atoms with Crippen LogP contribution in [0.25, 0.3) is 22.0 Å². The number of rotatable bonds is 1. The molecule has 3 aromatic rings. The minimum atomic E-state index is 0.0974. The van der Waals surface area contributed by atoms with Crippen LogP contribution in [-0.2, 0) is 5.41 Å². The fraction of sp³-hybridized carbons (Fsp3) is 0.235. The lowest BCUT2D eigenvalue weighted by molar-refractivity contribution is 0.571. The van der Waals surface area contributed by atoms with Gasteiger partial charge in [-0.3, -0.25) is 4.98 Å². The first-order chi connectivity index (χ1) is 9.04. The van der Waals surface area contributed by atoms with Gasteiger partial charge in [-0.05, 0) is 46.2 Å². The maximum absolute atomic E-state index is 4.77. The van der Waals surface area contributed by atoms with Crippen molar-refractivity contribution in [1.29, 1.82) is 0 Å². The Morgan fingerprint density at radius 1 is 0.947 bits per heavy atom. The van der Waals surface area contributed by atoms with Crippen molar-refractivity contribution in [1.82, 2.24) is 4.98 Å². The molecule has 3 rings (SSSR count). The van der Waals surface area contributed by atoms with Crippen molar-refractivity contribution >= 4 is 22.2 Å². The zero-order valence-electron chi connectivity index (χ0n) is 11.5. The Morgan fingerprint density at radius 3 is 2.47 bits per heavy atom. The summed E-state index contributed by atoms with van der Waals surface area (Å²) in [5.41, 5.74) is 4.86. The molecule has 0 aliphatic carbocycles. The highest BCUT2D eigenvalue weighted by atomic mass is 32.1. The third-order valence-electron chi connectivity index (χ3n) is 3.31. The molecule has 2 aromatic heterocycles. The molecule has 0 bridgehead atoms. The van der Waals surface area contributed by atoms with Crippen molar-refractivity contribution in [2.24, 2.45) is 0 Å². The van der Waals surface area contributed by atoms with Gasteiger partial charge in [0.2, 0.25) is 0 Å². The number of nitrogens with zero attached hydrogens (tertiary/aromatic N) is 1. The Morgan fingerprint density at radius 2 is 1.79 bits per heavy atom. The number of fused-ring (bicyclic) bond motifs is 1. The summed E-state index contributed by atoms with van der Waals surface area (Å²) >= 11 is 1.73. The molecule has 1 nitrogen and oxygen atoms in total. The smallest absolute Gasteiger partial charge is 0.0705 e. The van der Waals surface area contributed by atoms with Crippen LogP contribution in [0.2, 0.25) is 0 Å². The fourth-order valence-corrected chi connectivity index (χ4v) is 2.82. The predicted molar refractivity (Wildman–Crippen MR) is 83.8 cm³/mol. The second-order valence-corrected chi connectivity index (χ2v) is 6.65. The predicted octanol–water partition coefficient (Wildman–Crippen LogP) is 5.26. The molecule has 19 heavy (non-hydrogen) atoms. The van der Waals surface area contributed by atoms with Crippen molar-refractivity contribution in [3.63, 3.8) is 0 Å². The molecular weight excluding hydrogens is 250 g/mol. The first-order valence-electron chi connectivity index (χ1n) is 6.48. The third-order valence-corrected chi connectivity index (χ3v) is 4.00. The van der Waals surface area contributed by atoms with Crippen molar-refractivity contribution in [2.45, 2.75) is 26.2 Å². The molecule has 0 amide bonds. The van der Waals surface area contributed by atoms with Crippen molar-refractivity contribution in [3.8, 4) is 11.1 Å². The van der Waals surface area contributed by atoms with Gasteiger partial charge >= 0.3 is 0 Å². The minimum absolute atomic E-state index is 0.0974. The van der Waals surface area contributed by atoms with Gasteiger partial charge in [-0.1, -0.05) is 32.9 Å². The van der Waals surface area contributed by atoms with Crippen LogP contribution in [0.5, 0.6) is 0 Å². The first kappa shape index (κ1) is 12.4. The third kappa shape index (κ3) is 2.41. The van der Waals surface area contributed by atoms with E-state index in [-0.39, 0.29) is 5.41 Å². The highest BCUT2D eigenvalue weighted by molar-refractivity contribution is 7.08. The topological polar surface area (TPSA) is 12.9 Å². The van der Waals surface area contributed by atoms with Gasteiger partial charge in [0.05, 0.1) is 5.52 Å². The summed E-state index contributed by atoms with van der Waals surface area (Å²) in [5.74, 6) is 0. The van der Waals surface area contributed by atoms with Crippen molar-refractivity contribution in [3.05, 3.63) is 52.9 Å². The Bertz CT molecular complexity index is 706. The highest BCUT2D eigenvalue weighted by Crippen LogP contribution is 2.27. The van der Waals surface area contributed by atoms with Crippen LogP contribution in [0.3, 0.4) is 0 Å². The maximum Gasteiger partial charge on any atom is 0.0705 e. The van der Waals surface area contributed by atoms with Gasteiger partial charge in [0.25, 0.3) is 0 Å². The van der Waals surface area contributed by atoms with Gasteiger partial charge in [-0.2, -0.15) is 11.3 Å². The van der Waals surface area contributed by atoms with Crippen LogP contribution >= 0.6 is 11.3 Å². The van der Waals surface area contributed by atoms with Gasteiger partial charge in [-0.25, -0.2) is 0 Å². The molecule has 0 aliphatic rings. The van der Waals surface area contributed by atoms with Crippen LogP contribution in [0.4, 0.5) is 0 Å². The summed E-state index contributed by atoms with van der Waals surface area (Å²) in [5, 5.41) is 5.50. The monoisotopic (exact) mass is 267 g/mol. The lowest BCUT2D eigenvalue weighted by atomic mass is 9.91. The highest BCUT2D eigenvalue weighted by Gasteiger charge is 2.15. The molecule has 2 heteroatoms. The number of hydrogen-bond acceptors (Lipinski definition) is 2. The lowest BCUT2D eigenvalue weighted by Crippen LogP contribution is -2.13. The average Bonchev–Trinajstić information content (AvgIpc) is 2.90. The van der Waals surface area contributed by atoms with Gasteiger partial charge in [0.15, 0.2) is 0 Å². The number of benzene rings is 1.